The standard InChI is InChI=1S/C23H30N4OS/c1-13(2)20-21(16-10-14(3)25-15(4)11-16)26-18-12-19(29-22(18)20)23(28)27(5)17-6-8-24-9-7-17/h10-13,17,24,26H,6-9H2,1-5H3. The van der Waals surface area contributed by atoms with Crippen molar-refractivity contribution in [3.05, 3.63) is 40.0 Å². The molecule has 0 saturated carbocycles. The minimum Gasteiger partial charge on any atom is -0.354 e. The highest BCUT2D eigenvalue weighted by molar-refractivity contribution is 7.21. The van der Waals surface area contributed by atoms with Crippen molar-refractivity contribution < 1.29 is 4.79 Å². The molecule has 1 amide bonds. The van der Waals surface area contributed by atoms with Gasteiger partial charge in [-0.25, -0.2) is 0 Å². The number of nitrogens with one attached hydrogen (secondary N) is 2. The zero-order valence-corrected chi connectivity index (χ0v) is 18.7. The molecule has 1 aliphatic heterocycles. The van der Waals surface area contributed by atoms with Gasteiger partial charge in [0.05, 0.1) is 20.8 Å². The molecule has 5 nitrogen and oxygen atoms in total. The number of fused-ring (bicyclic) bond motifs is 1. The number of aryl methyl sites for hydroxylation is 2. The van der Waals surface area contributed by atoms with E-state index in [9.17, 15) is 4.79 Å². The van der Waals surface area contributed by atoms with E-state index in [2.05, 4.69) is 41.3 Å². The summed E-state index contributed by atoms with van der Waals surface area (Å²) in [5.74, 6) is 0.495. The van der Waals surface area contributed by atoms with Crippen LogP contribution in [0.5, 0.6) is 0 Å². The van der Waals surface area contributed by atoms with E-state index in [0.717, 1.165) is 53.4 Å². The van der Waals surface area contributed by atoms with Crippen LogP contribution in [0.3, 0.4) is 0 Å². The van der Waals surface area contributed by atoms with Crippen molar-refractivity contribution in [2.45, 2.75) is 52.5 Å². The number of carbonyl (C=O) groups excluding carboxylic acids is 1. The van der Waals surface area contributed by atoms with Gasteiger partial charge in [0.2, 0.25) is 0 Å². The lowest BCUT2D eigenvalue weighted by Crippen LogP contribution is -2.43. The summed E-state index contributed by atoms with van der Waals surface area (Å²) in [4.78, 5) is 24.0. The van der Waals surface area contributed by atoms with E-state index < -0.39 is 0 Å². The predicted molar refractivity (Wildman–Crippen MR) is 121 cm³/mol. The number of carbonyl (C=O) groups is 1. The van der Waals surface area contributed by atoms with Crippen LogP contribution in [-0.2, 0) is 0 Å². The molecular formula is C23H30N4OS. The quantitative estimate of drug-likeness (QED) is 0.646. The van der Waals surface area contributed by atoms with Gasteiger partial charge in [0.1, 0.15) is 0 Å². The average molecular weight is 411 g/mol. The Kier molecular flexibility index (Phi) is 5.49. The van der Waals surface area contributed by atoms with E-state index in [1.807, 2.05) is 31.9 Å². The molecule has 6 heteroatoms. The molecule has 1 fully saturated rings. The van der Waals surface area contributed by atoms with Crippen LogP contribution in [0.25, 0.3) is 21.5 Å². The Labute approximate surface area is 176 Å². The number of amides is 1. The Morgan fingerprint density at radius 2 is 1.83 bits per heavy atom. The van der Waals surface area contributed by atoms with Crippen molar-refractivity contribution >= 4 is 27.5 Å². The molecule has 0 aliphatic carbocycles. The second-order valence-electron chi connectivity index (χ2n) is 8.46. The molecule has 0 unspecified atom stereocenters. The minimum atomic E-state index is 0.137. The maximum absolute atomic E-state index is 13.1. The van der Waals surface area contributed by atoms with E-state index in [-0.39, 0.29) is 5.91 Å². The number of pyridine rings is 1. The van der Waals surface area contributed by atoms with Crippen LogP contribution in [0.15, 0.2) is 18.2 Å². The number of thiophene rings is 1. The highest BCUT2D eigenvalue weighted by Crippen LogP contribution is 2.40. The maximum Gasteiger partial charge on any atom is 0.264 e. The largest absolute Gasteiger partial charge is 0.354 e. The number of hydrogen-bond donors (Lipinski definition) is 2. The topological polar surface area (TPSA) is 61.0 Å². The number of aromatic nitrogens is 2. The van der Waals surface area contributed by atoms with E-state index >= 15 is 0 Å². The normalized spacial score (nSPS) is 15.4. The first-order chi connectivity index (χ1) is 13.8. The van der Waals surface area contributed by atoms with Crippen molar-refractivity contribution in [3.8, 4) is 11.3 Å². The summed E-state index contributed by atoms with van der Waals surface area (Å²) >= 11 is 1.62. The van der Waals surface area contributed by atoms with Gasteiger partial charge < -0.3 is 15.2 Å². The van der Waals surface area contributed by atoms with E-state index in [4.69, 9.17) is 0 Å². The highest BCUT2D eigenvalue weighted by atomic mass is 32.1. The van der Waals surface area contributed by atoms with Crippen LogP contribution in [0.1, 0.15) is 59.2 Å². The third-order valence-corrected chi connectivity index (χ3v) is 7.00. The zero-order chi connectivity index (χ0) is 20.7. The maximum atomic E-state index is 13.1. The van der Waals surface area contributed by atoms with Gasteiger partial charge in [0.15, 0.2) is 0 Å². The molecule has 0 bridgehead atoms. The first kappa shape index (κ1) is 20.1. The summed E-state index contributed by atoms with van der Waals surface area (Å²) in [6, 6.07) is 6.62. The fourth-order valence-corrected chi connectivity index (χ4v) is 5.69. The third-order valence-electron chi connectivity index (χ3n) is 5.84. The molecule has 4 rings (SSSR count). The summed E-state index contributed by atoms with van der Waals surface area (Å²) in [6.45, 7) is 10.5. The molecule has 0 spiro atoms. The van der Waals surface area contributed by atoms with Crippen molar-refractivity contribution in [3.63, 3.8) is 0 Å². The number of H-pyrrole nitrogens is 1. The van der Waals surface area contributed by atoms with Crippen LogP contribution in [0.4, 0.5) is 0 Å². The summed E-state index contributed by atoms with van der Waals surface area (Å²) < 4.78 is 1.20. The summed E-state index contributed by atoms with van der Waals surface area (Å²) in [7, 11) is 1.95. The molecule has 0 aromatic carbocycles. The van der Waals surface area contributed by atoms with Crippen molar-refractivity contribution in [2.24, 2.45) is 0 Å². The first-order valence-electron chi connectivity index (χ1n) is 10.4. The molecule has 3 aromatic heterocycles. The lowest BCUT2D eigenvalue weighted by Gasteiger charge is -2.31. The molecule has 1 aliphatic rings. The van der Waals surface area contributed by atoms with E-state index in [1.54, 1.807) is 11.3 Å². The Bertz CT molecular complexity index is 1020. The number of hydrogen-bond acceptors (Lipinski definition) is 4. The number of nitrogens with zero attached hydrogens (tertiary/aromatic N) is 2. The zero-order valence-electron chi connectivity index (χ0n) is 17.9. The smallest absolute Gasteiger partial charge is 0.264 e. The number of rotatable bonds is 4. The van der Waals surface area contributed by atoms with Gasteiger partial charge in [-0.2, -0.15) is 0 Å². The number of aromatic amines is 1. The van der Waals surface area contributed by atoms with Crippen molar-refractivity contribution in [2.75, 3.05) is 20.1 Å². The number of piperidine rings is 1. The molecule has 0 atom stereocenters. The van der Waals surface area contributed by atoms with Gasteiger partial charge in [-0.3, -0.25) is 9.78 Å². The van der Waals surface area contributed by atoms with Crippen LogP contribution in [0.2, 0.25) is 0 Å². The molecule has 0 radical (unpaired) electrons. The Hall–Kier alpha value is -2.18. The SMILES string of the molecule is Cc1cc(-c2[nH]c3cc(C(=O)N(C)C4CCNCC4)sc3c2C(C)C)cc(C)n1. The lowest BCUT2D eigenvalue weighted by atomic mass is 9.99. The van der Waals surface area contributed by atoms with E-state index in [0.29, 0.717) is 12.0 Å². The van der Waals surface area contributed by atoms with Crippen LogP contribution in [-0.4, -0.2) is 47.0 Å². The van der Waals surface area contributed by atoms with Gasteiger partial charge in [0, 0.05) is 30.0 Å². The molecular weight excluding hydrogens is 380 g/mol. The lowest BCUT2D eigenvalue weighted by molar-refractivity contribution is 0.0708. The Balaban J connectivity index is 1.72. The van der Waals surface area contributed by atoms with Crippen LogP contribution < -0.4 is 5.32 Å². The molecule has 2 N–H and O–H groups in total. The summed E-state index contributed by atoms with van der Waals surface area (Å²) in [5, 5.41) is 3.37. The fourth-order valence-electron chi connectivity index (χ4n) is 4.40. The Morgan fingerprint density at radius 1 is 1.17 bits per heavy atom. The van der Waals surface area contributed by atoms with E-state index in [1.165, 1.54) is 15.8 Å². The van der Waals surface area contributed by atoms with Crippen LogP contribution >= 0.6 is 11.3 Å². The minimum absolute atomic E-state index is 0.137. The average Bonchev–Trinajstić information content (AvgIpc) is 3.24. The molecule has 1 saturated heterocycles. The monoisotopic (exact) mass is 410 g/mol. The first-order valence-corrected chi connectivity index (χ1v) is 11.3. The van der Waals surface area contributed by atoms with Crippen molar-refractivity contribution in [1.82, 2.24) is 20.2 Å². The summed E-state index contributed by atoms with van der Waals surface area (Å²) in [6.07, 6.45) is 2.04. The predicted octanol–water partition coefficient (Wildman–Crippen LogP) is 4.86. The van der Waals surface area contributed by atoms with Gasteiger partial charge in [-0.15, -0.1) is 11.3 Å². The van der Waals surface area contributed by atoms with Gasteiger partial charge in [0.25, 0.3) is 5.91 Å². The second-order valence-corrected chi connectivity index (χ2v) is 9.51. The van der Waals surface area contributed by atoms with Gasteiger partial charge in [-0.1, -0.05) is 13.8 Å². The van der Waals surface area contributed by atoms with Crippen molar-refractivity contribution in [1.29, 1.82) is 0 Å². The van der Waals surface area contributed by atoms with Gasteiger partial charge >= 0.3 is 0 Å². The molecule has 4 heterocycles. The highest BCUT2D eigenvalue weighted by Gasteiger charge is 2.26. The van der Waals surface area contributed by atoms with Gasteiger partial charge in [-0.05, 0) is 69.5 Å². The molecule has 3 aromatic rings. The molecule has 29 heavy (non-hydrogen) atoms. The Morgan fingerprint density at radius 3 is 2.45 bits per heavy atom. The summed E-state index contributed by atoms with van der Waals surface area (Å²) in [5.41, 5.74) is 6.71. The fraction of sp³-hybridized carbons (Fsp3) is 0.478. The van der Waals surface area contributed by atoms with Crippen LogP contribution in [0, 0.1) is 13.8 Å². The molecule has 154 valence electrons. The third kappa shape index (κ3) is 3.83. The second kappa shape index (κ2) is 7.92.